The molecule has 116 valence electrons. The number of H-pyrrole nitrogens is 1. The molecule has 0 saturated carbocycles. The highest BCUT2D eigenvalue weighted by atomic mass is 79.9. The van der Waals surface area contributed by atoms with Gasteiger partial charge in [-0.25, -0.2) is 8.42 Å². The number of aromatic amines is 1. The van der Waals surface area contributed by atoms with Crippen LogP contribution in [0.5, 0.6) is 0 Å². The van der Waals surface area contributed by atoms with Crippen LogP contribution in [0.1, 0.15) is 17.9 Å². The standard InChI is InChI=1S/C13H12BrN3O4S/c14-13-11(6-15-16-13)22(20,21)17-7-8(5-12(18)19)9-3-1-2-4-10(9)17/h1-4,6,8H,5,7H2,(H,15,16)(H,18,19). The molecule has 1 aliphatic rings. The van der Waals surface area contributed by atoms with Crippen molar-refractivity contribution in [1.29, 1.82) is 0 Å². The number of nitrogens with zero attached hydrogens (tertiary/aromatic N) is 2. The van der Waals surface area contributed by atoms with Crippen molar-refractivity contribution in [2.75, 3.05) is 10.8 Å². The Morgan fingerprint density at radius 2 is 2.18 bits per heavy atom. The summed E-state index contributed by atoms with van der Waals surface area (Å²) in [6.45, 7) is 0.103. The van der Waals surface area contributed by atoms with Gasteiger partial charge in [0.1, 0.15) is 9.50 Å². The third-order valence-corrected chi connectivity index (χ3v) is 6.24. The molecule has 0 amide bonds. The Hall–Kier alpha value is -1.87. The molecular weight excluding hydrogens is 374 g/mol. The zero-order valence-electron chi connectivity index (χ0n) is 11.2. The number of sulfonamides is 1. The average Bonchev–Trinajstić information content (AvgIpc) is 3.04. The number of carbonyl (C=O) groups is 1. The van der Waals surface area contributed by atoms with Crippen molar-refractivity contribution in [1.82, 2.24) is 10.2 Å². The van der Waals surface area contributed by atoms with Gasteiger partial charge in [0.15, 0.2) is 0 Å². The smallest absolute Gasteiger partial charge is 0.304 e. The van der Waals surface area contributed by atoms with Crippen LogP contribution in [0.4, 0.5) is 5.69 Å². The lowest BCUT2D eigenvalue weighted by Gasteiger charge is -2.19. The molecule has 1 atom stereocenters. The summed E-state index contributed by atoms with van der Waals surface area (Å²) >= 11 is 3.13. The second-order valence-electron chi connectivity index (χ2n) is 4.94. The van der Waals surface area contributed by atoms with Crippen molar-refractivity contribution in [2.45, 2.75) is 17.2 Å². The molecule has 0 aliphatic carbocycles. The van der Waals surface area contributed by atoms with Crippen LogP contribution in [0.2, 0.25) is 0 Å². The first-order valence-corrected chi connectivity index (χ1v) is 8.67. The molecule has 0 bridgehead atoms. The van der Waals surface area contributed by atoms with E-state index in [-0.39, 0.29) is 28.4 Å². The first-order chi connectivity index (χ1) is 10.4. The van der Waals surface area contributed by atoms with Gasteiger partial charge in [-0.2, -0.15) is 5.10 Å². The highest BCUT2D eigenvalue weighted by Gasteiger charge is 2.38. The van der Waals surface area contributed by atoms with Crippen LogP contribution in [0.25, 0.3) is 0 Å². The van der Waals surface area contributed by atoms with Crippen LogP contribution in [0.3, 0.4) is 0 Å². The molecular formula is C13H12BrN3O4S. The van der Waals surface area contributed by atoms with Gasteiger partial charge in [-0.15, -0.1) is 0 Å². The molecule has 2 N–H and O–H groups in total. The molecule has 1 unspecified atom stereocenters. The number of fused-ring (bicyclic) bond motifs is 1. The Kier molecular flexibility index (Phi) is 3.69. The molecule has 1 aromatic carbocycles. The topological polar surface area (TPSA) is 103 Å². The van der Waals surface area contributed by atoms with Gasteiger partial charge in [0, 0.05) is 12.5 Å². The highest BCUT2D eigenvalue weighted by Crippen LogP contribution is 2.41. The highest BCUT2D eigenvalue weighted by molar-refractivity contribution is 9.10. The van der Waals surface area contributed by atoms with E-state index < -0.39 is 16.0 Å². The van der Waals surface area contributed by atoms with Crippen molar-refractivity contribution in [3.63, 3.8) is 0 Å². The average molecular weight is 386 g/mol. The van der Waals surface area contributed by atoms with E-state index in [2.05, 4.69) is 26.1 Å². The monoisotopic (exact) mass is 385 g/mol. The van der Waals surface area contributed by atoms with Crippen LogP contribution in [-0.2, 0) is 14.8 Å². The molecule has 0 fully saturated rings. The summed E-state index contributed by atoms with van der Waals surface area (Å²) in [6.07, 6.45) is 1.11. The number of nitrogens with one attached hydrogen (secondary N) is 1. The van der Waals surface area contributed by atoms with Gasteiger partial charge in [-0.1, -0.05) is 18.2 Å². The Morgan fingerprint density at radius 1 is 1.45 bits per heavy atom. The molecule has 1 aromatic heterocycles. The lowest BCUT2D eigenvalue weighted by atomic mass is 9.98. The van der Waals surface area contributed by atoms with Gasteiger partial charge in [0.25, 0.3) is 10.0 Å². The molecule has 2 heterocycles. The summed E-state index contributed by atoms with van der Waals surface area (Å²) in [4.78, 5) is 11.0. The summed E-state index contributed by atoms with van der Waals surface area (Å²) in [7, 11) is -3.81. The molecule has 22 heavy (non-hydrogen) atoms. The second-order valence-corrected chi connectivity index (χ2v) is 7.56. The zero-order valence-corrected chi connectivity index (χ0v) is 13.6. The molecule has 0 radical (unpaired) electrons. The minimum Gasteiger partial charge on any atom is -0.481 e. The summed E-state index contributed by atoms with van der Waals surface area (Å²) in [6, 6.07) is 6.96. The fourth-order valence-electron chi connectivity index (χ4n) is 2.63. The normalized spacial score (nSPS) is 17.5. The third kappa shape index (κ3) is 2.40. The van der Waals surface area contributed by atoms with Crippen LogP contribution in [0.15, 0.2) is 40.0 Å². The number of carboxylic acid groups (broad SMARTS) is 1. The Bertz CT molecular complexity index is 833. The molecule has 1 aliphatic heterocycles. The van der Waals surface area contributed by atoms with Gasteiger partial charge in [-0.3, -0.25) is 14.2 Å². The predicted octanol–water partition coefficient (Wildman–Crippen LogP) is 1.94. The number of halogens is 1. The van der Waals surface area contributed by atoms with Crippen molar-refractivity contribution in [3.05, 3.63) is 40.6 Å². The summed E-state index contributed by atoms with van der Waals surface area (Å²) in [5.41, 5.74) is 1.25. The Morgan fingerprint density at radius 3 is 2.82 bits per heavy atom. The maximum absolute atomic E-state index is 12.8. The number of hydrogen-bond donors (Lipinski definition) is 2. The molecule has 0 saturated heterocycles. The fourth-order valence-corrected chi connectivity index (χ4v) is 4.94. The number of benzene rings is 1. The van der Waals surface area contributed by atoms with Crippen molar-refractivity contribution >= 4 is 37.6 Å². The maximum Gasteiger partial charge on any atom is 0.304 e. The van der Waals surface area contributed by atoms with Gasteiger partial charge < -0.3 is 5.11 Å². The van der Waals surface area contributed by atoms with E-state index in [1.807, 2.05) is 0 Å². The van der Waals surface area contributed by atoms with Crippen LogP contribution >= 0.6 is 15.9 Å². The summed E-state index contributed by atoms with van der Waals surface area (Å²) in [5.74, 6) is -1.32. The van der Waals surface area contributed by atoms with Gasteiger partial charge in [0.2, 0.25) is 0 Å². The molecule has 3 rings (SSSR count). The maximum atomic E-state index is 12.8. The Balaban J connectivity index is 2.06. The third-order valence-electron chi connectivity index (χ3n) is 3.58. The van der Waals surface area contributed by atoms with Crippen LogP contribution < -0.4 is 4.31 Å². The number of para-hydroxylation sites is 1. The van der Waals surface area contributed by atoms with E-state index in [4.69, 9.17) is 5.11 Å². The number of hydrogen-bond acceptors (Lipinski definition) is 4. The largest absolute Gasteiger partial charge is 0.481 e. The van der Waals surface area contributed by atoms with Crippen LogP contribution in [-0.4, -0.2) is 36.2 Å². The minimum atomic E-state index is -3.81. The van der Waals surface area contributed by atoms with Gasteiger partial charge in [-0.05, 0) is 27.6 Å². The van der Waals surface area contributed by atoms with E-state index in [1.165, 1.54) is 10.5 Å². The molecule has 0 spiro atoms. The first-order valence-electron chi connectivity index (χ1n) is 6.43. The molecule has 9 heteroatoms. The van der Waals surface area contributed by atoms with E-state index in [0.29, 0.717) is 5.69 Å². The quantitative estimate of drug-likeness (QED) is 0.836. The van der Waals surface area contributed by atoms with Crippen molar-refractivity contribution in [3.8, 4) is 0 Å². The van der Waals surface area contributed by atoms with Gasteiger partial charge >= 0.3 is 5.97 Å². The van der Waals surface area contributed by atoms with E-state index >= 15 is 0 Å². The first kappa shape index (κ1) is 15.0. The predicted molar refractivity (Wildman–Crippen MR) is 82.3 cm³/mol. The molecule has 2 aromatic rings. The SMILES string of the molecule is O=C(O)CC1CN(S(=O)(=O)c2cn[nH]c2Br)c2ccccc21. The summed E-state index contributed by atoms with van der Waals surface area (Å²) < 4.78 is 27.1. The van der Waals surface area contributed by atoms with Crippen LogP contribution in [0, 0.1) is 0 Å². The number of carboxylic acids is 1. The Labute approximate surface area is 135 Å². The number of aromatic nitrogens is 2. The fraction of sp³-hybridized carbons (Fsp3) is 0.231. The number of rotatable bonds is 4. The van der Waals surface area contributed by atoms with E-state index in [0.717, 1.165) is 5.56 Å². The van der Waals surface area contributed by atoms with Crippen molar-refractivity contribution < 1.29 is 18.3 Å². The molecule has 7 nitrogen and oxygen atoms in total. The van der Waals surface area contributed by atoms with E-state index in [9.17, 15) is 13.2 Å². The van der Waals surface area contributed by atoms with Gasteiger partial charge in [0.05, 0.1) is 18.3 Å². The summed E-state index contributed by atoms with van der Waals surface area (Å²) in [5, 5.41) is 15.3. The zero-order chi connectivity index (χ0) is 15.9. The number of anilines is 1. The minimum absolute atomic E-state index is 0.0262. The lowest BCUT2D eigenvalue weighted by Crippen LogP contribution is -2.30. The number of aliphatic carboxylic acids is 1. The van der Waals surface area contributed by atoms with Crippen molar-refractivity contribution in [2.24, 2.45) is 0 Å². The lowest BCUT2D eigenvalue weighted by molar-refractivity contribution is -0.137. The van der Waals surface area contributed by atoms with E-state index in [1.54, 1.807) is 24.3 Å². The second kappa shape index (κ2) is 5.40.